The Kier molecular flexibility index (Phi) is 4.69. The molecule has 1 atom stereocenters. The second-order valence-corrected chi connectivity index (χ2v) is 7.05. The average Bonchev–Trinajstić information content (AvgIpc) is 3.23. The third kappa shape index (κ3) is 2.88. The van der Waals surface area contributed by atoms with Crippen LogP contribution in [0.15, 0.2) is 52.9 Å². The summed E-state index contributed by atoms with van der Waals surface area (Å²) in [4.78, 5) is 38.6. The number of hydrogen-bond acceptors (Lipinski definition) is 5. The van der Waals surface area contributed by atoms with Crippen molar-refractivity contribution in [3.05, 3.63) is 65.4 Å². The number of rotatable bonds is 5. The second kappa shape index (κ2) is 7.22. The number of carbonyl (C=O) groups is 3. The number of hydrazine groups is 1. The van der Waals surface area contributed by atoms with Crippen molar-refractivity contribution in [3.63, 3.8) is 0 Å². The zero-order chi connectivity index (χ0) is 21.5. The summed E-state index contributed by atoms with van der Waals surface area (Å²) < 4.78 is 10.9. The minimum atomic E-state index is -1.23. The maximum absolute atomic E-state index is 13.2. The number of amides is 4. The minimum Gasteiger partial charge on any atom is -0.497 e. The van der Waals surface area contributed by atoms with Crippen LogP contribution in [-0.2, 0) is 10.3 Å². The highest BCUT2D eigenvalue weighted by Gasteiger charge is 2.52. The summed E-state index contributed by atoms with van der Waals surface area (Å²) in [5.74, 6) is -0.591. The molecule has 0 radical (unpaired) electrons. The number of carbonyl (C=O) groups excluding carboxylic acids is 3. The molecule has 1 saturated heterocycles. The first-order chi connectivity index (χ1) is 14.4. The van der Waals surface area contributed by atoms with Crippen molar-refractivity contribution >= 4 is 28.8 Å². The Balaban J connectivity index is 1.64. The van der Waals surface area contributed by atoms with Crippen LogP contribution in [0.3, 0.4) is 0 Å². The van der Waals surface area contributed by atoms with Gasteiger partial charge in [0.05, 0.1) is 7.11 Å². The summed E-state index contributed by atoms with van der Waals surface area (Å²) in [6.45, 7) is 3.53. The van der Waals surface area contributed by atoms with Crippen LogP contribution in [0.4, 0.5) is 4.79 Å². The summed E-state index contributed by atoms with van der Waals surface area (Å²) in [6.07, 6.45) is 0.331. The predicted molar refractivity (Wildman–Crippen MR) is 109 cm³/mol. The largest absolute Gasteiger partial charge is 0.497 e. The molecule has 8 nitrogen and oxygen atoms in total. The molecule has 2 N–H and O–H groups in total. The van der Waals surface area contributed by atoms with E-state index in [2.05, 4.69) is 10.7 Å². The van der Waals surface area contributed by atoms with Gasteiger partial charge in [0, 0.05) is 10.9 Å². The van der Waals surface area contributed by atoms with Crippen LogP contribution in [0.5, 0.6) is 5.75 Å². The van der Waals surface area contributed by atoms with Gasteiger partial charge in [-0.15, -0.1) is 0 Å². The molecule has 4 rings (SSSR count). The number of hydrogen-bond donors (Lipinski definition) is 2. The van der Waals surface area contributed by atoms with Crippen molar-refractivity contribution in [3.8, 4) is 5.75 Å². The van der Waals surface area contributed by atoms with Crippen molar-refractivity contribution in [2.75, 3.05) is 7.11 Å². The van der Waals surface area contributed by atoms with E-state index < -0.39 is 23.4 Å². The summed E-state index contributed by atoms with van der Waals surface area (Å²) in [7, 11) is 1.55. The van der Waals surface area contributed by atoms with Crippen LogP contribution in [0.2, 0.25) is 0 Å². The zero-order valence-electron chi connectivity index (χ0n) is 16.8. The van der Waals surface area contributed by atoms with Crippen LogP contribution < -0.4 is 15.5 Å². The molecule has 0 spiro atoms. The van der Waals surface area contributed by atoms with E-state index in [4.69, 9.17) is 9.15 Å². The van der Waals surface area contributed by atoms with Gasteiger partial charge in [-0.3, -0.25) is 9.59 Å². The Hall–Kier alpha value is -3.81. The molecule has 1 aliphatic heterocycles. The normalized spacial score (nSPS) is 18.6. The maximum atomic E-state index is 13.2. The number of nitrogens with one attached hydrogen (secondary N) is 2. The molecule has 154 valence electrons. The second-order valence-electron chi connectivity index (χ2n) is 7.05. The SMILES string of the molecule is CC[C@]1(c2ccccc2)NC(=O)N(NC(=O)c2oc3ccc(OC)cc3c2C)C1=O. The van der Waals surface area contributed by atoms with Gasteiger partial charge < -0.3 is 14.5 Å². The summed E-state index contributed by atoms with van der Waals surface area (Å²) in [6, 6.07) is 13.4. The van der Waals surface area contributed by atoms with Crippen LogP contribution >= 0.6 is 0 Å². The van der Waals surface area contributed by atoms with Gasteiger partial charge >= 0.3 is 11.9 Å². The molecule has 0 bridgehead atoms. The standard InChI is InChI=1S/C22H21N3O5/c1-4-22(14-8-6-5-7-9-14)20(27)25(21(28)23-22)24-19(26)18-13(2)16-12-15(29-3)10-11-17(16)30-18/h5-12H,4H2,1-3H3,(H,23,28)(H,24,26)/t22-/m1/s1. The van der Waals surface area contributed by atoms with E-state index in [1.54, 1.807) is 63.4 Å². The number of aryl methyl sites for hydroxylation is 1. The minimum absolute atomic E-state index is 0.0209. The number of ether oxygens (including phenoxy) is 1. The van der Waals surface area contributed by atoms with E-state index >= 15 is 0 Å². The lowest BCUT2D eigenvalue weighted by molar-refractivity contribution is -0.133. The number of methoxy groups -OCH3 is 1. The Morgan fingerprint density at radius 1 is 1.20 bits per heavy atom. The van der Waals surface area contributed by atoms with E-state index in [0.717, 1.165) is 0 Å². The summed E-state index contributed by atoms with van der Waals surface area (Å²) >= 11 is 0. The van der Waals surface area contributed by atoms with Gasteiger partial charge in [0.2, 0.25) is 0 Å². The monoisotopic (exact) mass is 407 g/mol. The number of fused-ring (bicyclic) bond motifs is 1. The molecular formula is C22H21N3O5. The van der Waals surface area contributed by atoms with E-state index in [9.17, 15) is 14.4 Å². The van der Waals surface area contributed by atoms with Gasteiger partial charge in [-0.2, -0.15) is 5.01 Å². The van der Waals surface area contributed by atoms with Gasteiger partial charge in [-0.1, -0.05) is 37.3 Å². The number of furan rings is 1. The fraction of sp³-hybridized carbons (Fsp3) is 0.227. The van der Waals surface area contributed by atoms with E-state index in [1.165, 1.54) is 0 Å². The quantitative estimate of drug-likeness (QED) is 0.633. The number of imide groups is 1. The molecule has 1 aliphatic rings. The van der Waals surface area contributed by atoms with Crippen LogP contribution in [0.25, 0.3) is 11.0 Å². The molecule has 3 aromatic rings. The number of nitrogens with zero attached hydrogens (tertiary/aromatic N) is 1. The first-order valence-corrected chi connectivity index (χ1v) is 9.51. The van der Waals surface area contributed by atoms with E-state index in [-0.39, 0.29) is 5.76 Å². The molecule has 0 aliphatic carbocycles. The van der Waals surface area contributed by atoms with Crippen LogP contribution in [0, 0.1) is 6.92 Å². The average molecular weight is 407 g/mol. The van der Waals surface area contributed by atoms with Gasteiger partial charge in [0.25, 0.3) is 5.91 Å². The highest BCUT2D eigenvalue weighted by molar-refractivity contribution is 6.10. The molecule has 2 heterocycles. The molecule has 1 fully saturated rings. The number of urea groups is 1. The maximum Gasteiger partial charge on any atom is 0.344 e. The smallest absolute Gasteiger partial charge is 0.344 e. The molecule has 8 heteroatoms. The summed E-state index contributed by atoms with van der Waals surface area (Å²) in [5, 5.41) is 4.15. The molecule has 30 heavy (non-hydrogen) atoms. The number of benzene rings is 2. The molecular weight excluding hydrogens is 386 g/mol. The Morgan fingerprint density at radius 2 is 1.93 bits per heavy atom. The first kappa shape index (κ1) is 19.5. The Labute approximate surface area is 172 Å². The lowest BCUT2D eigenvalue weighted by Crippen LogP contribution is -2.48. The van der Waals surface area contributed by atoms with Gasteiger partial charge in [0.1, 0.15) is 16.9 Å². The third-order valence-electron chi connectivity index (χ3n) is 5.45. The van der Waals surface area contributed by atoms with Crippen molar-refractivity contribution in [2.45, 2.75) is 25.8 Å². The van der Waals surface area contributed by atoms with Gasteiger partial charge in [-0.25, -0.2) is 10.2 Å². The van der Waals surface area contributed by atoms with Gasteiger partial charge in [-0.05, 0) is 37.1 Å². The van der Waals surface area contributed by atoms with Crippen molar-refractivity contribution in [2.24, 2.45) is 0 Å². The predicted octanol–water partition coefficient (Wildman–Crippen LogP) is 3.25. The molecule has 0 unspecified atom stereocenters. The molecule has 0 saturated carbocycles. The Bertz CT molecular complexity index is 1150. The lowest BCUT2D eigenvalue weighted by Gasteiger charge is -2.25. The van der Waals surface area contributed by atoms with E-state index in [0.29, 0.717) is 39.3 Å². The van der Waals surface area contributed by atoms with E-state index in [1.807, 2.05) is 6.07 Å². The highest BCUT2D eigenvalue weighted by Crippen LogP contribution is 2.32. The van der Waals surface area contributed by atoms with Crippen molar-refractivity contribution in [1.29, 1.82) is 0 Å². The Morgan fingerprint density at radius 3 is 2.60 bits per heavy atom. The van der Waals surface area contributed by atoms with Gasteiger partial charge in [0.15, 0.2) is 5.76 Å². The van der Waals surface area contributed by atoms with Crippen molar-refractivity contribution < 1.29 is 23.5 Å². The van der Waals surface area contributed by atoms with Crippen molar-refractivity contribution in [1.82, 2.24) is 15.8 Å². The molecule has 1 aromatic heterocycles. The van der Waals surface area contributed by atoms with Crippen LogP contribution in [-0.4, -0.2) is 30.0 Å². The fourth-order valence-corrected chi connectivity index (χ4v) is 3.73. The molecule has 4 amide bonds. The van der Waals surface area contributed by atoms with Crippen LogP contribution in [0.1, 0.15) is 35.0 Å². The zero-order valence-corrected chi connectivity index (χ0v) is 16.8. The first-order valence-electron chi connectivity index (χ1n) is 9.51. The lowest BCUT2D eigenvalue weighted by atomic mass is 9.87. The topological polar surface area (TPSA) is 101 Å². The third-order valence-corrected chi connectivity index (χ3v) is 5.45. The fourth-order valence-electron chi connectivity index (χ4n) is 3.73. The highest BCUT2D eigenvalue weighted by atomic mass is 16.5. The molecule has 2 aromatic carbocycles. The summed E-state index contributed by atoms with van der Waals surface area (Å²) in [5.41, 5.74) is 2.89.